The van der Waals surface area contributed by atoms with Gasteiger partial charge in [-0.05, 0) is 66.2 Å². The molecular weight excluding hydrogens is 494 g/mol. The van der Waals surface area contributed by atoms with Gasteiger partial charge in [0.15, 0.2) is 4.80 Å². The van der Waals surface area contributed by atoms with Gasteiger partial charge in [0, 0.05) is 24.2 Å². The Balaban J connectivity index is 1.82. The number of rotatable bonds is 9. The Morgan fingerprint density at radius 3 is 1.92 bits per heavy atom. The van der Waals surface area contributed by atoms with E-state index in [0.717, 1.165) is 38.9 Å². The molecule has 0 saturated heterocycles. The van der Waals surface area contributed by atoms with Crippen molar-refractivity contribution in [3.63, 3.8) is 0 Å². The Labute approximate surface area is 216 Å². The zero-order valence-electron chi connectivity index (χ0n) is 20.7. The number of methoxy groups -OCH3 is 2. The van der Waals surface area contributed by atoms with Gasteiger partial charge < -0.3 is 9.47 Å². The van der Waals surface area contributed by atoms with E-state index in [1.165, 1.54) is 15.6 Å². The summed E-state index contributed by atoms with van der Waals surface area (Å²) < 4.78 is 40.0. The molecule has 188 valence electrons. The number of thiazole rings is 1. The number of nitrogens with zero attached hydrogens (tertiary/aromatic N) is 3. The van der Waals surface area contributed by atoms with Crippen LogP contribution in [0.15, 0.2) is 88.1 Å². The van der Waals surface area contributed by atoms with E-state index in [1.807, 2.05) is 79.9 Å². The summed E-state index contributed by atoms with van der Waals surface area (Å²) in [7, 11) is -0.257. The molecule has 7 nitrogen and oxygen atoms in total. The van der Waals surface area contributed by atoms with E-state index in [-0.39, 0.29) is 4.90 Å². The van der Waals surface area contributed by atoms with Crippen molar-refractivity contribution in [3.05, 3.63) is 83.0 Å². The molecule has 36 heavy (non-hydrogen) atoms. The third kappa shape index (κ3) is 5.23. The molecule has 0 saturated carbocycles. The first-order valence-corrected chi connectivity index (χ1v) is 13.9. The first-order chi connectivity index (χ1) is 17.4. The van der Waals surface area contributed by atoms with Crippen molar-refractivity contribution >= 4 is 27.0 Å². The Morgan fingerprint density at radius 2 is 1.39 bits per heavy atom. The fourth-order valence-corrected chi connectivity index (χ4v) is 6.23. The first kappa shape index (κ1) is 25.7. The van der Waals surface area contributed by atoms with Gasteiger partial charge in [-0.1, -0.05) is 26.0 Å². The monoisotopic (exact) mass is 523 g/mol. The third-order valence-corrected chi connectivity index (χ3v) is 8.72. The van der Waals surface area contributed by atoms with E-state index >= 15 is 0 Å². The smallest absolute Gasteiger partial charge is 0.243 e. The highest BCUT2D eigenvalue weighted by molar-refractivity contribution is 7.89. The zero-order chi connectivity index (χ0) is 25.7. The van der Waals surface area contributed by atoms with Crippen LogP contribution in [0.2, 0.25) is 0 Å². The molecule has 0 atom stereocenters. The van der Waals surface area contributed by atoms with Crippen LogP contribution in [-0.4, -0.2) is 44.6 Å². The van der Waals surface area contributed by atoms with Crippen LogP contribution in [0, 0.1) is 0 Å². The van der Waals surface area contributed by atoms with Gasteiger partial charge in [-0.3, -0.25) is 4.57 Å². The van der Waals surface area contributed by atoms with E-state index < -0.39 is 10.0 Å². The van der Waals surface area contributed by atoms with Crippen molar-refractivity contribution in [2.45, 2.75) is 18.7 Å². The minimum Gasteiger partial charge on any atom is -0.497 e. The topological polar surface area (TPSA) is 73.1 Å². The summed E-state index contributed by atoms with van der Waals surface area (Å²) in [5.41, 5.74) is 3.51. The summed E-state index contributed by atoms with van der Waals surface area (Å²) >= 11 is 1.51. The van der Waals surface area contributed by atoms with Crippen molar-refractivity contribution in [3.8, 4) is 28.4 Å². The van der Waals surface area contributed by atoms with Crippen LogP contribution < -0.4 is 14.3 Å². The highest BCUT2D eigenvalue weighted by Gasteiger charge is 2.21. The summed E-state index contributed by atoms with van der Waals surface area (Å²) in [4.78, 5) is 5.94. The standard InChI is InChI=1S/C27H29N3O4S2/c1-5-29(6-2)36(31,32)25-17-7-20(8-18-25)26-19-35-27(28-21-9-13-23(33-3)14-10-21)30(26)22-11-15-24(34-4)16-12-22/h7-19H,5-6H2,1-4H3. The molecule has 3 aromatic carbocycles. The summed E-state index contributed by atoms with van der Waals surface area (Å²) in [6.07, 6.45) is 0. The van der Waals surface area contributed by atoms with Crippen molar-refractivity contribution < 1.29 is 17.9 Å². The molecular formula is C27H29N3O4S2. The van der Waals surface area contributed by atoms with Gasteiger partial charge in [-0.25, -0.2) is 13.4 Å². The van der Waals surface area contributed by atoms with Crippen LogP contribution in [0.1, 0.15) is 13.8 Å². The molecule has 0 unspecified atom stereocenters. The van der Waals surface area contributed by atoms with Crippen LogP contribution in [0.4, 0.5) is 5.69 Å². The fraction of sp³-hybridized carbons (Fsp3) is 0.222. The first-order valence-electron chi connectivity index (χ1n) is 11.6. The molecule has 9 heteroatoms. The van der Waals surface area contributed by atoms with Gasteiger partial charge in [0.25, 0.3) is 0 Å². The second kappa shape index (κ2) is 11.1. The second-order valence-corrected chi connectivity index (χ2v) is 10.6. The molecule has 0 bridgehead atoms. The SMILES string of the molecule is CCN(CC)S(=O)(=O)c1ccc(-c2csc(=Nc3ccc(OC)cc3)n2-c2ccc(OC)cc2)cc1. The van der Waals surface area contributed by atoms with Gasteiger partial charge >= 0.3 is 0 Å². The predicted molar refractivity (Wildman–Crippen MR) is 144 cm³/mol. The largest absolute Gasteiger partial charge is 0.497 e. The normalized spacial score (nSPS) is 12.2. The molecule has 0 amide bonds. The lowest BCUT2D eigenvalue weighted by atomic mass is 10.1. The van der Waals surface area contributed by atoms with E-state index in [2.05, 4.69) is 4.57 Å². The van der Waals surface area contributed by atoms with Gasteiger partial charge in [-0.2, -0.15) is 4.31 Å². The maximum absolute atomic E-state index is 12.9. The summed E-state index contributed by atoms with van der Waals surface area (Å²) in [5.74, 6) is 1.53. The molecule has 0 aliphatic heterocycles. The lowest BCUT2D eigenvalue weighted by Crippen LogP contribution is -2.30. The molecule has 0 fully saturated rings. The fourth-order valence-electron chi connectivity index (χ4n) is 3.85. The third-order valence-electron chi connectivity index (χ3n) is 5.83. The van der Waals surface area contributed by atoms with Gasteiger partial charge in [0.1, 0.15) is 11.5 Å². The molecule has 1 aromatic heterocycles. The number of ether oxygens (including phenoxy) is 2. The lowest BCUT2D eigenvalue weighted by Gasteiger charge is -2.18. The van der Waals surface area contributed by atoms with E-state index in [0.29, 0.717) is 13.1 Å². The van der Waals surface area contributed by atoms with Gasteiger partial charge in [0.2, 0.25) is 10.0 Å². The number of aromatic nitrogens is 1. The van der Waals surface area contributed by atoms with E-state index in [4.69, 9.17) is 14.5 Å². The Bertz CT molecular complexity index is 1470. The van der Waals surface area contributed by atoms with Crippen LogP contribution in [0.3, 0.4) is 0 Å². The number of hydrogen-bond acceptors (Lipinski definition) is 6. The second-order valence-electron chi connectivity index (χ2n) is 7.86. The highest BCUT2D eigenvalue weighted by Crippen LogP contribution is 2.27. The minimum absolute atomic E-state index is 0.282. The average Bonchev–Trinajstić information content (AvgIpc) is 3.33. The Kier molecular flexibility index (Phi) is 7.93. The molecule has 0 N–H and O–H groups in total. The zero-order valence-corrected chi connectivity index (χ0v) is 22.3. The summed E-state index contributed by atoms with van der Waals surface area (Å²) in [6, 6.07) is 22.3. The molecule has 1 heterocycles. The Morgan fingerprint density at radius 1 is 0.833 bits per heavy atom. The van der Waals surface area contributed by atoms with Crippen molar-refractivity contribution in [2.75, 3.05) is 27.3 Å². The molecule has 0 radical (unpaired) electrons. The average molecular weight is 524 g/mol. The van der Waals surface area contributed by atoms with Crippen LogP contribution in [0.25, 0.3) is 16.9 Å². The van der Waals surface area contributed by atoms with Crippen LogP contribution in [0.5, 0.6) is 11.5 Å². The molecule has 4 rings (SSSR count). The van der Waals surface area contributed by atoms with Crippen LogP contribution >= 0.6 is 11.3 Å². The summed E-state index contributed by atoms with van der Waals surface area (Å²) in [5, 5.41) is 2.03. The molecule has 0 spiro atoms. The van der Waals surface area contributed by atoms with Crippen molar-refractivity contribution in [1.82, 2.24) is 8.87 Å². The maximum Gasteiger partial charge on any atom is 0.243 e. The quantitative estimate of drug-likeness (QED) is 0.291. The highest BCUT2D eigenvalue weighted by atomic mass is 32.2. The van der Waals surface area contributed by atoms with E-state index in [9.17, 15) is 8.42 Å². The van der Waals surface area contributed by atoms with Crippen molar-refractivity contribution in [1.29, 1.82) is 0 Å². The predicted octanol–water partition coefficient (Wildman–Crippen LogP) is 5.49. The lowest BCUT2D eigenvalue weighted by molar-refractivity contribution is 0.414. The minimum atomic E-state index is -3.52. The summed E-state index contributed by atoms with van der Waals surface area (Å²) in [6.45, 7) is 4.54. The maximum atomic E-state index is 12.9. The molecule has 0 aliphatic carbocycles. The van der Waals surface area contributed by atoms with Gasteiger partial charge in [-0.15, -0.1) is 11.3 Å². The van der Waals surface area contributed by atoms with Crippen LogP contribution in [-0.2, 0) is 10.0 Å². The number of hydrogen-bond donors (Lipinski definition) is 0. The molecule has 0 aliphatic rings. The number of benzene rings is 3. The van der Waals surface area contributed by atoms with E-state index in [1.54, 1.807) is 26.4 Å². The van der Waals surface area contributed by atoms with Crippen molar-refractivity contribution in [2.24, 2.45) is 4.99 Å². The molecule has 4 aromatic rings. The number of sulfonamides is 1. The van der Waals surface area contributed by atoms with Gasteiger partial charge in [0.05, 0.1) is 30.5 Å². The Hall–Kier alpha value is -3.40.